The van der Waals surface area contributed by atoms with E-state index in [9.17, 15) is 20.8 Å². The van der Waals surface area contributed by atoms with Crippen LogP contribution < -0.4 is 0 Å². The first-order chi connectivity index (χ1) is 12.2. The van der Waals surface area contributed by atoms with Gasteiger partial charge in [0, 0.05) is 52.0 Å². The van der Waals surface area contributed by atoms with E-state index in [-0.39, 0.29) is 39.6 Å². The minimum Gasteiger partial charge on any atom is -0.792 e. The molecular weight excluding hydrogens is 429 g/mol. The van der Waals surface area contributed by atoms with Gasteiger partial charge in [-0.1, -0.05) is 6.07 Å². The summed E-state index contributed by atoms with van der Waals surface area (Å²) < 4.78 is 25.3. The second-order valence-electron chi connectivity index (χ2n) is 3.94. The number of hydrogen-bond donors (Lipinski definition) is 0. The third-order valence-electron chi connectivity index (χ3n) is 2.16. The average molecular weight is 446 g/mol. The molecule has 12 nitrogen and oxygen atoms in total. The summed E-state index contributed by atoms with van der Waals surface area (Å²) in [6.07, 6.45) is 3.50. The van der Waals surface area contributed by atoms with E-state index in [0.717, 1.165) is 0 Å². The van der Waals surface area contributed by atoms with E-state index in [1.807, 2.05) is 18.2 Å². The van der Waals surface area contributed by atoms with Crippen LogP contribution in [0.25, 0.3) is 0 Å². The van der Waals surface area contributed by atoms with Gasteiger partial charge in [0.25, 0.3) is 0 Å². The van der Waals surface area contributed by atoms with Crippen molar-refractivity contribution in [1.29, 1.82) is 0 Å². The van der Waals surface area contributed by atoms with Crippen LogP contribution in [0.5, 0.6) is 0 Å². The van der Waals surface area contributed by atoms with Gasteiger partial charge in [-0.05, 0) is 39.8 Å². The summed E-state index contributed by atoms with van der Waals surface area (Å²) in [5.74, 6) is 0. The van der Waals surface area contributed by atoms with Crippen LogP contribution in [0.4, 0.5) is 0 Å². The Morgan fingerprint density at radius 2 is 0.926 bits per heavy atom. The third-order valence-corrected chi connectivity index (χ3v) is 2.16. The Morgan fingerprint density at radius 3 is 1.00 bits per heavy atom. The summed E-state index contributed by atoms with van der Waals surface area (Å²) in [5.41, 5.74) is 0.556. The molecule has 157 valence electrons. The first-order valence-corrected chi connectivity index (χ1v) is 7.47. The molecule has 0 bridgehead atoms. The summed E-state index contributed by atoms with van der Waals surface area (Å²) in [6.45, 7) is 5.74. The molecule has 0 saturated heterocycles. The number of aromatic nitrogens is 1. The van der Waals surface area contributed by atoms with Crippen molar-refractivity contribution in [3.63, 3.8) is 0 Å². The smallest absolute Gasteiger partial charge is 0.0465 e. The Kier molecular flexibility index (Phi) is 28.2. The van der Waals surface area contributed by atoms with E-state index in [4.69, 9.17) is 13.3 Å². The summed E-state index contributed by atoms with van der Waals surface area (Å²) >= 11 is -3.11. The van der Waals surface area contributed by atoms with Crippen LogP contribution in [0.1, 0.15) is 27.7 Å². The SMILES string of the molecule is CC(=N[O-])C(C)=N[O-].CC(=N[O-])C(C)=N[O-].O=S([O-])[O-].[Co].c1ccncc1. The van der Waals surface area contributed by atoms with Crippen LogP contribution in [-0.2, 0) is 28.1 Å². The van der Waals surface area contributed by atoms with Crippen LogP contribution in [0.3, 0.4) is 0 Å². The fraction of sp³-hybridized carbons (Fsp3) is 0.308. The molecule has 0 aliphatic heterocycles. The number of rotatable bonds is 2. The van der Waals surface area contributed by atoms with Crippen LogP contribution in [0, 0.1) is 20.8 Å². The van der Waals surface area contributed by atoms with Crippen molar-refractivity contribution in [2.45, 2.75) is 27.7 Å². The Balaban J connectivity index is -0.000000133. The van der Waals surface area contributed by atoms with Gasteiger partial charge in [0.05, 0.1) is 0 Å². The topological polar surface area (TPSA) is 218 Å². The van der Waals surface area contributed by atoms with Gasteiger partial charge in [0.1, 0.15) is 0 Å². The molecule has 0 aliphatic carbocycles. The van der Waals surface area contributed by atoms with Crippen molar-refractivity contribution in [1.82, 2.24) is 4.98 Å². The maximum Gasteiger partial charge on any atom is 0.0465 e. The second kappa shape index (κ2) is 23.6. The van der Waals surface area contributed by atoms with Crippen molar-refractivity contribution >= 4 is 34.2 Å². The predicted molar refractivity (Wildman–Crippen MR) is 99.8 cm³/mol. The predicted octanol–water partition coefficient (Wildman–Crippen LogP) is 1.88. The molecule has 1 aromatic heterocycles. The van der Waals surface area contributed by atoms with Crippen LogP contribution >= 0.6 is 0 Å². The second-order valence-corrected chi connectivity index (χ2v) is 4.34. The van der Waals surface area contributed by atoms with E-state index < -0.39 is 11.4 Å². The summed E-state index contributed by atoms with van der Waals surface area (Å²) in [6, 6.07) is 5.72. The molecule has 0 saturated carbocycles. The Morgan fingerprint density at radius 1 is 0.704 bits per heavy atom. The minimum absolute atomic E-state index is 0. The zero-order valence-corrected chi connectivity index (χ0v) is 16.6. The molecule has 0 aromatic carbocycles. The van der Waals surface area contributed by atoms with Gasteiger partial charge in [0.15, 0.2) is 0 Å². The van der Waals surface area contributed by atoms with Gasteiger partial charge in [-0.15, -0.1) is 11.4 Å². The molecular formula is C13H17CoN5O7S-6. The fourth-order valence-electron chi connectivity index (χ4n) is 0.577. The van der Waals surface area contributed by atoms with E-state index in [2.05, 4.69) is 25.6 Å². The number of pyridine rings is 1. The fourth-order valence-corrected chi connectivity index (χ4v) is 0.577. The molecule has 1 heterocycles. The Labute approximate surface area is 169 Å². The van der Waals surface area contributed by atoms with Crippen molar-refractivity contribution in [2.75, 3.05) is 0 Å². The van der Waals surface area contributed by atoms with E-state index >= 15 is 0 Å². The van der Waals surface area contributed by atoms with Crippen molar-refractivity contribution in [3.05, 3.63) is 51.4 Å². The van der Waals surface area contributed by atoms with Gasteiger partial charge in [-0.25, -0.2) is 0 Å². The van der Waals surface area contributed by atoms with E-state index in [1.54, 1.807) is 12.4 Å². The molecule has 0 spiro atoms. The molecule has 0 fully saturated rings. The molecule has 0 N–H and O–H groups in total. The molecule has 1 aromatic rings. The summed E-state index contributed by atoms with van der Waals surface area (Å²) in [7, 11) is 0. The van der Waals surface area contributed by atoms with E-state index in [0.29, 0.717) is 0 Å². The first-order valence-electron chi connectivity index (χ1n) is 6.47. The maximum absolute atomic E-state index is 9.60. The first kappa shape index (κ1) is 32.3. The molecule has 1 rings (SSSR count). The molecule has 27 heavy (non-hydrogen) atoms. The van der Waals surface area contributed by atoms with E-state index in [1.165, 1.54) is 27.7 Å². The monoisotopic (exact) mass is 446 g/mol. The van der Waals surface area contributed by atoms with Crippen molar-refractivity contribution < 1.29 is 30.1 Å². The van der Waals surface area contributed by atoms with Crippen molar-refractivity contribution in [2.24, 2.45) is 20.6 Å². The third kappa shape index (κ3) is 28.7. The summed E-state index contributed by atoms with van der Waals surface area (Å²) in [4.78, 5) is 3.78. The van der Waals surface area contributed by atoms with Crippen LogP contribution in [0.15, 0.2) is 51.2 Å². The number of hydrogen-bond acceptors (Lipinski definition) is 12. The molecule has 14 heteroatoms. The summed E-state index contributed by atoms with van der Waals surface area (Å²) in [5, 5.41) is 48.4. The van der Waals surface area contributed by atoms with Crippen molar-refractivity contribution in [3.8, 4) is 0 Å². The molecule has 1 radical (unpaired) electrons. The van der Waals surface area contributed by atoms with Gasteiger partial charge >= 0.3 is 0 Å². The zero-order chi connectivity index (χ0) is 21.0. The standard InChI is InChI=1S/C5H5N.2C4H8N2O2.Co.H2O3S/c1-2-4-6-5-3-1;2*1-3(5-7)4(2)6-8;;1-4(2)3/h1-5H;2*7-8H,1-2H3;;(H2,1,2,3)/p-6. The van der Waals surface area contributed by atoms with Gasteiger partial charge in [-0.2, -0.15) is 0 Å². The van der Waals surface area contributed by atoms with Gasteiger partial charge in [-0.3, -0.25) is 9.19 Å². The Hall–Kier alpha value is -2.39. The quantitative estimate of drug-likeness (QED) is 0.370. The normalized spacial score (nSPS) is 11.5. The molecule has 0 amide bonds. The van der Waals surface area contributed by atoms with Crippen LogP contribution in [0.2, 0.25) is 0 Å². The van der Waals surface area contributed by atoms with Crippen LogP contribution in [-0.4, -0.2) is 41.1 Å². The molecule has 0 unspecified atom stereocenters. The molecule has 0 atom stereocenters. The maximum atomic E-state index is 9.60. The van der Waals surface area contributed by atoms with Gasteiger partial charge < -0.3 is 50.6 Å². The number of nitrogens with zero attached hydrogens (tertiary/aromatic N) is 5. The Bertz CT molecular complexity index is 518. The minimum atomic E-state index is -3.11. The van der Waals surface area contributed by atoms with Gasteiger partial charge in [0.2, 0.25) is 0 Å². The largest absolute Gasteiger partial charge is 0.792 e. The zero-order valence-electron chi connectivity index (χ0n) is 14.7. The molecule has 0 aliphatic rings. The average Bonchev–Trinajstić information content (AvgIpc) is 2.67.